The Balaban J connectivity index is 0.00000256. The molecular formula is C12H18BrClN2O. The van der Waals surface area contributed by atoms with Crippen LogP contribution in [0.1, 0.15) is 15.9 Å². The molecule has 17 heavy (non-hydrogen) atoms. The lowest BCUT2D eigenvalue weighted by Crippen LogP contribution is -2.33. The maximum absolute atomic E-state index is 12.1. The Morgan fingerprint density at radius 2 is 2.12 bits per heavy atom. The lowest BCUT2D eigenvalue weighted by molar-refractivity contribution is 0.0796. The van der Waals surface area contributed by atoms with Crippen molar-refractivity contribution in [2.24, 2.45) is 0 Å². The molecule has 3 nitrogen and oxygen atoms in total. The largest absolute Gasteiger partial charge is 0.340 e. The highest BCUT2D eigenvalue weighted by molar-refractivity contribution is 9.10. The summed E-state index contributed by atoms with van der Waals surface area (Å²) >= 11 is 3.39. The standard InChI is InChI=1S/C12H17BrN2O.ClH/c1-9-8-10(13)4-5-11(9)12(16)15(3)7-6-14-2;/h4-5,8,14H,6-7H2,1-3H3;1H. The number of nitrogens with one attached hydrogen (secondary N) is 1. The van der Waals surface area contributed by atoms with E-state index in [2.05, 4.69) is 21.2 Å². The Kier molecular flexibility index (Phi) is 7.43. The van der Waals surface area contributed by atoms with E-state index in [4.69, 9.17) is 0 Å². The zero-order valence-electron chi connectivity index (χ0n) is 10.3. The average molecular weight is 322 g/mol. The number of rotatable bonds is 4. The van der Waals surface area contributed by atoms with Gasteiger partial charge in [0.05, 0.1) is 0 Å². The van der Waals surface area contributed by atoms with Crippen molar-refractivity contribution < 1.29 is 4.79 Å². The summed E-state index contributed by atoms with van der Waals surface area (Å²) in [7, 11) is 3.70. The number of hydrogen-bond acceptors (Lipinski definition) is 2. The molecule has 96 valence electrons. The summed E-state index contributed by atoms with van der Waals surface area (Å²) in [6, 6.07) is 5.71. The first-order valence-electron chi connectivity index (χ1n) is 5.22. The van der Waals surface area contributed by atoms with Crippen molar-refractivity contribution in [3.8, 4) is 0 Å². The van der Waals surface area contributed by atoms with Gasteiger partial charge in [-0.25, -0.2) is 0 Å². The van der Waals surface area contributed by atoms with Gasteiger partial charge in [-0.05, 0) is 37.7 Å². The number of carbonyl (C=O) groups excluding carboxylic acids is 1. The normalized spacial score (nSPS) is 9.65. The minimum Gasteiger partial charge on any atom is -0.340 e. The lowest BCUT2D eigenvalue weighted by atomic mass is 10.1. The number of nitrogens with zero attached hydrogens (tertiary/aromatic N) is 1. The van der Waals surface area contributed by atoms with Crippen molar-refractivity contribution >= 4 is 34.2 Å². The van der Waals surface area contributed by atoms with Crippen LogP contribution in [0.3, 0.4) is 0 Å². The summed E-state index contributed by atoms with van der Waals surface area (Å²) in [5.74, 6) is 0.0697. The Labute approximate surface area is 117 Å². The zero-order valence-corrected chi connectivity index (χ0v) is 12.7. The molecule has 1 rings (SSSR count). The summed E-state index contributed by atoms with van der Waals surface area (Å²) in [4.78, 5) is 13.8. The van der Waals surface area contributed by atoms with Crippen LogP contribution in [0.2, 0.25) is 0 Å². The highest BCUT2D eigenvalue weighted by Gasteiger charge is 2.13. The molecule has 0 spiro atoms. The Morgan fingerprint density at radius 1 is 1.47 bits per heavy atom. The molecule has 1 aromatic carbocycles. The molecule has 0 radical (unpaired) electrons. The highest BCUT2D eigenvalue weighted by atomic mass is 79.9. The predicted molar refractivity (Wildman–Crippen MR) is 77.0 cm³/mol. The number of likely N-dealkylation sites (N-methyl/N-ethyl adjacent to an activating group) is 2. The van der Waals surface area contributed by atoms with Crippen LogP contribution in [0, 0.1) is 6.92 Å². The number of carbonyl (C=O) groups is 1. The summed E-state index contributed by atoms with van der Waals surface area (Å²) in [5, 5.41) is 3.03. The Bertz CT molecular complexity index is 385. The van der Waals surface area contributed by atoms with Crippen LogP contribution in [-0.4, -0.2) is 38.0 Å². The number of aryl methyl sites for hydroxylation is 1. The first kappa shape index (κ1) is 16.4. The summed E-state index contributed by atoms with van der Waals surface area (Å²) in [6.45, 7) is 3.46. The molecule has 0 saturated heterocycles. The van der Waals surface area contributed by atoms with Crippen molar-refractivity contribution in [1.29, 1.82) is 0 Å². The monoisotopic (exact) mass is 320 g/mol. The van der Waals surface area contributed by atoms with E-state index in [1.165, 1.54) is 0 Å². The highest BCUT2D eigenvalue weighted by Crippen LogP contribution is 2.16. The number of hydrogen-bond donors (Lipinski definition) is 1. The number of benzene rings is 1. The van der Waals surface area contributed by atoms with Crippen molar-refractivity contribution in [2.45, 2.75) is 6.92 Å². The second-order valence-electron chi connectivity index (χ2n) is 3.79. The fourth-order valence-electron chi connectivity index (χ4n) is 1.45. The summed E-state index contributed by atoms with van der Waals surface area (Å²) in [5.41, 5.74) is 1.76. The molecule has 1 aromatic rings. The van der Waals surface area contributed by atoms with Gasteiger partial charge in [0.1, 0.15) is 0 Å². The van der Waals surface area contributed by atoms with Gasteiger partial charge in [-0.1, -0.05) is 15.9 Å². The SMILES string of the molecule is CNCCN(C)C(=O)c1ccc(Br)cc1C.Cl. The van der Waals surface area contributed by atoms with Crippen LogP contribution in [-0.2, 0) is 0 Å². The van der Waals surface area contributed by atoms with Gasteiger partial charge in [-0.3, -0.25) is 4.79 Å². The fraction of sp³-hybridized carbons (Fsp3) is 0.417. The second-order valence-corrected chi connectivity index (χ2v) is 4.71. The second kappa shape index (κ2) is 7.69. The van der Waals surface area contributed by atoms with Crippen LogP contribution in [0.15, 0.2) is 22.7 Å². The van der Waals surface area contributed by atoms with E-state index in [0.717, 1.165) is 22.1 Å². The molecule has 0 aliphatic heterocycles. The third kappa shape index (κ3) is 4.66. The van der Waals surface area contributed by atoms with E-state index in [0.29, 0.717) is 6.54 Å². The van der Waals surface area contributed by atoms with Gasteiger partial charge in [0, 0.05) is 30.2 Å². The molecule has 0 atom stereocenters. The molecule has 0 aliphatic carbocycles. The quantitative estimate of drug-likeness (QED) is 0.924. The van der Waals surface area contributed by atoms with E-state index in [-0.39, 0.29) is 18.3 Å². The molecular weight excluding hydrogens is 304 g/mol. The first-order valence-corrected chi connectivity index (χ1v) is 6.01. The maximum atomic E-state index is 12.1. The molecule has 5 heteroatoms. The molecule has 0 bridgehead atoms. The van der Waals surface area contributed by atoms with E-state index in [9.17, 15) is 4.79 Å². The molecule has 0 aliphatic rings. The molecule has 0 unspecified atom stereocenters. The third-order valence-corrected chi connectivity index (χ3v) is 2.96. The van der Waals surface area contributed by atoms with Crippen molar-refractivity contribution in [1.82, 2.24) is 10.2 Å². The topological polar surface area (TPSA) is 32.3 Å². The van der Waals surface area contributed by atoms with Gasteiger partial charge in [-0.15, -0.1) is 12.4 Å². The van der Waals surface area contributed by atoms with Crippen molar-refractivity contribution in [3.05, 3.63) is 33.8 Å². The minimum absolute atomic E-state index is 0. The predicted octanol–water partition coefficient (Wildman–Crippen LogP) is 2.47. The van der Waals surface area contributed by atoms with Crippen LogP contribution in [0.5, 0.6) is 0 Å². The molecule has 0 fully saturated rings. The molecule has 0 aromatic heterocycles. The van der Waals surface area contributed by atoms with E-state index in [1.807, 2.05) is 39.2 Å². The smallest absolute Gasteiger partial charge is 0.253 e. The van der Waals surface area contributed by atoms with Gasteiger partial charge in [0.2, 0.25) is 0 Å². The molecule has 0 saturated carbocycles. The fourth-order valence-corrected chi connectivity index (χ4v) is 1.93. The van der Waals surface area contributed by atoms with Gasteiger partial charge in [0.25, 0.3) is 5.91 Å². The minimum atomic E-state index is 0. The van der Waals surface area contributed by atoms with Crippen molar-refractivity contribution in [2.75, 3.05) is 27.2 Å². The van der Waals surface area contributed by atoms with Gasteiger partial charge >= 0.3 is 0 Å². The summed E-state index contributed by atoms with van der Waals surface area (Å²) < 4.78 is 0.999. The zero-order chi connectivity index (χ0) is 12.1. The average Bonchev–Trinajstić information content (AvgIpc) is 2.25. The van der Waals surface area contributed by atoms with E-state index in [1.54, 1.807) is 4.90 Å². The summed E-state index contributed by atoms with van der Waals surface area (Å²) in [6.07, 6.45) is 0. The Morgan fingerprint density at radius 3 is 2.65 bits per heavy atom. The third-order valence-electron chi connectivity index (χ3n) is 2.46. The van der Waals surface area contributed by atoms with Gasteiger partial charge in [0.15, 0.2) is 0 Å². The Hall–Kier alpha value is -0.580. The van der Waals surface area contributed by atoms with Gasteiger partial charge in [-0.2, -0.15) is 0 Å². The van der Waals surface area contributed by atoms with Gasteiger partial charge < -0.3 is 10.2 Å². The van der Waals surface area contributed by atoms with E-state index < -0.39 is 0 Å². The van der Waals surface area contributed by atoms with Crippen LogP contribution in [0.25, 0.3) is 0 Å². The molecule has 0 heterocycles. The molecule has 1 N–H and O–H groups in total. The van der Waals surface area contributed by atoms with E-state index >= 15 is 0 Å². The van der Waals surface area contributed by atoms with Crippen LogP contribution >= 0.6 is 28.3 Å². The molecule has 1 amide bonds. The number of amides is 1. The van der Waals surface area contributed by atoms with Crippen molar-refractivity contribution in [3.63, 3.8) is 0 Å². The lowest BCUT2D eigenvalue weighted by Gasteiger charge is -2.18. The van der Waals surface area contributed by atoms with Crippen LogP contribution < -0.4 is 5.32 Å². The van der Waals surface area contributed by atoms with Crippen LogP contribution in [0.4, 0.5) is 0 Å². The maximum Gasteiger partial charge on any atom is 0.253 e. The first-order chi connectivity index (χ1) is 7.56. The number of halogens is 2.